The van der Waals surface area contributed by atoms with E-state index in [-0.39, 0.29) is 11.3 Å². The molecular formula is C19H22N2O. The minimum atomic E-state index is -0.346. The summed E-state index contributed by atoms with van der Waals surface area (Å²) >= 11 is 0. The highest BCUT2D eigenvalue weighted by Crippen LogP contribution is 2.55. The third kappa shape index (κ3) is 2.26. The number of rotatable bonds is 2. The van der Waals surface area contributed by atoms with Gasteiger partial charge in [0.05, 0.1) is 24.7 Å². The number of benzene rings is 1. The third-order valence-corrected chi connectivity index (χ3v) is 5.89. The molecule has 2 aliphatic rings. The second kappa shape index (κ2) is 5.65. The highest BCUT2D eigenvalue weighted by molar-refractivity contribution is 5.40. The third-order valence-electron chi connectivity index (χ3n) is 5.89. The first-order chi connectivity index (χ1) is 10.6. The van der Waals surface area contributed by atoms with Crippen molar-refractivity contribution in [3.8, 4) is 17.9 Å². The zero-order valence-corrected chi connectivity index (χ0v) is 13.3. The number of nitriles is 2. The second-order valence-electron chi connectivity index (χ2n) is 6.91. The van der Waals surface area contributed by atoms with Gasteiger partial charge in [0.15, 0.2) is 0 Å². The molecule has 4 atom stereocenters. The molecule has 1 aromatic carbocycles. The van der Waals surface area contributed by atoms with Crippen LogP contribution in [0.3, 0.4) is 0 Å². The maximum absolute atomic E-state index is 9.63. The van der Waals surface area contributed by atoms with Crippen molar-refractivity contribution in [1.29, 1.82) is 10.5 Å². The van der Waals surface area contributed by atoms with Crippen LogP contribution in [0.15, 0.2) is 18.2 Å². The summed E-state index contributed by atoms with van der Waals surface area (Å²) in [6, 6.07) is 11.2. The van der Waals surface area contributed by atoms with Gasteiger partial charge < -0.3 is 4.74 Å². The lowest BCUT2D eigenvalue weighted by atomic mass is 9.54. The Labute approximate surface area is 132 Å². The number of hydrogen-bond donors (Lipinski definition) is 0. The molecule has 114 valence electrons. The van der Waals surface area contributed by atoms with E-state index in [1.807, 2.05) is 6.07 Å². The molecule has 1 fully saturated rings. The van der Waals surface area contributed by atoms with Crippen LogP contribution in [0.2, 0.25) is 0 Å². The highest BCUT2D eigenvalue weighted by atomic mass is 16.5. The van der Waals surface area contributed by atoms with E-state index in [1.165, 1.54) is 11.1 Å². The maximum atomic E-state index is 9.63. The van der Waals surface area contributed by atoms with Crippen molar-refractivity contribution >= 4 is 0 Å². The Kier molecular flexibility index (Phi) is 3.83. The van der Waals surface area contributed by atoms with Crippen LogP contribution in [0.1, 0.15) is 49.7 Å². The van der Waals surface area contributed by atoms with Gasteiger partial charge in [-0.2, -0.15) is 10.5 Å². The van der Waals surface area contributed by atoms with E-state index in [0.717, 1.165) is 31.4 Å². The fraction of sp³-hybridized carbons (Fsp3) is 0.579. The molecule has 3 nitrogen and oxygen atoms in total. The summed E-state index contributed by atoms with van der Waals surface area (Å²) in [5.74, 6) is 2.06. The van der Waals surface area contributed by atoms with Gasteiger partial charge in [0, 0.05) is 6.42 Å². The van der Waals surface area contributed by atoms with E-state index >= 15 is 0 Å². The van der Waals surface area contributed by atoms with E-state index in [9.17, 15) is 10.5 Å². The fourth-order valence-corrected chi connectivity index (χ4v) is 4.62. The Morgan fingerprint density at radius 2 is 2.14 bits per heavy atom. The molecule has 0 spiro atoms. The SMILES string of the molecule is COc1ccc2c(c1)CC[C@@H]1C2CC[C@](C)(C#N)C1CC#N. The van der Waals surface area contributed by atoms with E-state index in [1.54, 1.807) is 7.11 Å². The van der Waals surface area contributed by atoms with Crippen LogP contribution in [0, 0.1) is 39.9 Å². The van der Waals surface area contributed by atoms with Gasteiger partial charge in [0.25, 0.3) is 0 Å². The quantitative estimate of drug-likeness (QED) is 0.821. The van der Waals surface area contributed by atoms with Crippen molar-refractivity contribution in [2.75, 3.05) is 7.11 Å². The average molecular weight is 294 g/mol. The van der Waals surface area contributed by atoms with E-state index in [4.69, 9.17) is 4.74 Å². The van der Waals surface area contributed by atoms with Crippen LogP contribution >= 0.6 is 0 Å². The Hall–Kier alpha value is -2.00. The summed E-state index contributed by atoms with van der Waals surface area (Å²) in [7, 11) is 1.70. The molecule has 0 heterocycles. The minimum Gasteiger partial charge on any atom is -0.497 e. The van der Waals surface area contributed by atoms with Gasteiger partial charge in [-0.25, -0.2) is 0 Å². The number of aryl methyl sites for hydroxylation is 1. The van der Waals surface area contributed by atoms with Crippen molar-refractivity contribution in [3.05, 3.63) is 29.3 Å². The molecule has 0 N–H and O–H groups in total. The number of fused-ring (bicyclic) bond motifs is 3. The van der Waals surface area contributed by atoms with Crippen LogP contribution in [0.5, 0.6) is 5.75 Å². The van der Waals surface area contributed by atoms with Crippen LogP contribution < -0.4 is 4.74 Å². The molecule has 0 radical (unpaired) electrons. The molecule has 1 saturated carbocycles. The van der Waals surface area contributed by atoms with Gasteiger partial charge in [-0.05, 0) is 73.6 Å². The van der Waals surface area contributed by atoms with Crippen LogP contribution in [-0.2, 0) is 6.42 Å². The summed E-state index contributed by atoms with van der Waals surface area (Å²) in [5, 5.41) is 18.8. The predicted molar refractivity (Wildman–Crippen MR) is 84.2 cm³/mol. The maximum Gasteiger partial charge on any atom is 0.119 e. The minimum absolute atomic E-state index is 0.191. The monoisotopic (exact) mass is 294 g/mol. The predicted octanol–water partition coefficient (Wildman–Crippen LogP) is 4.19. The summed E-state index contributed by atoms with van der Waals surface area (Å²) in [4.78, 5) is 0. The van der Waals surface area contributed by atoms with Crippen molar-refractivity contribution in [2.45, 2.75) is 44.9 Å². The molecular weight excluding hydrogens is 272 g/mol. The fourth-order valence-electron chi connectivity index (χ4n) is 4.62. The first kappa shape index (κ1) is 14.9. The highest BCUT2D eigenvalue weighted by Gasteiger charge is 2.48. The Bertz CT molecular complexity index is 654. The van der Waals surface area contributed by atoms with Gasteiger partial charge in [-0.15, -0.1) is 0 Å². The van der Waals surface area contributed by atoms with Gasteiger partial charge in [-0.1, -0.05) is 6.07 Å². The summed E-state index contributed by atoms with van der Waals surface area (Å²) < 4.78 is 5.34. The average Bonchev–Trinajstić information content (AvgIpc) is 2.56. The molecule has 2 unspecified atom stereocenters. The van der Waals surface area contributed by atoms with Gasteiger partial charge >= 0.3 is 0 Å². The molecule has 2 aliphatic carbocycles. The molecule has 0 aliphatic heterocycles. The first-order valence-corrected chi connectivity index (χ1v) is 8.08. The smallest absolute Gasteiger partial charge is 0.119 e. The molecule has 0 amide bonds. The Morgan fingerprint density at radius 1 is 1.32 bits per heavy atom. The molecule has 3 rings (SSSR count). The topological polar surface area (TPSA) is 56.8 Å². The summed E-state index contributed by atoms with van der Waals surface area (Å²) in [5.41, 5.74) is 2.46. The van der Waals surface area contributed by atoms with Gasteiger partial charge in [0.1, 0.15) is 5.75 Å². The molecule has 3 heteroatoms. The standard InChI is InChI=1S/C19H22N2O/c1-19(12-21)9-7-16-15-6-4-14(22-2)11-13(15)3-5-17(16)18(19)8-10-20/h4,6,11,16-18H,3,5,7-9H2,1-2H3/t16?,17-,18?,19-/m1/s1. The van der Waals surface area contributed by atoms with Crippen molar-refractivity contribution in [1.82, 2.24) is 0 Å². The molecule has 0 aromatic heterocycles. The normalized spacial score (nSPS) is 33.0. The molecule has 22 heavy (non-hydrogen) atoms. The number of hydrogen-bond acceptors (Lipinski definition) is 3. The second-order valence-corrected chi connectivity index (χ2v) is 6.91. The summed E-state index contributed by atoms with van der Waals surface area (Å²) in [6.45, 7) is 2.05. The molecule has 0 saturated heterocycles. The lowest BCUT2D eigenvalue weighted by Crippen LogP contribution is -2.41. The molecule has 1 aromatic rings. The lowest BCUT2D eigenvalue weighted by Gasteiger charge is -2.48. The van der Waals surface area contributed by atoms with Crippen LogP contribution in [0.4, 0.5) is 0 Å². The van der Waals surface area contributed by atoms with Crippen LogP contribution in [-0.4, -0.2) is 7.11 Å². The van der Waals surface area contributed by atoms with Gasteiger partial charge in [-0.3, -0.25) is 0 Å². The number of nitrogens with zero attached hydrogens (tertiary/aromatic N) is 2. The van der Waals surface area contributed by atoms with Crippen LogP contribution in [0.25, 0.3) is 0 Å². The zero-order chi connectivity index (χ0) is 15.7. The number of ether oxygens (including phenoxy) is 1. The Morgan fingerprint density at radius 3 is 2.82 bits per heavy atom. The van der Waals surface area contributed by atoms with Gasteiger partial charge in [0.2, 0.25) is 0 Å². The zero-order valence-electron chi connectivity index (χ0n) is 13.3. The lowest BCUT2D eigenvalue weighted by molar-refractivity contribution is 0.0775. The summed E-state index contributed by atoms with van der Waals surface area (Å²) in [6.07, 6.45) is 4.54. The number of methoxy groups -OCH3 is 1. The molecule has 0 bridgehead atoms. The van der Waals surface area contributed by atoms with E-state index in [2.05, 4.69) is 31.2 Å². The van der Waals surface area contributed by atoms with Crippen molar-refractivity contribution < 1.29 is 4.74 Å². The first-order valence-electron chi connectivity index (χ1n) is 8.08. The largest absolute Gasteiger partial charge is 0.497 e. The van der Waals surface area contributed by atoms with Crippen molar-refractivity contribution in [3.63, 3.8) is 0 Å². The van der Waals surface area contributed by atoms with E-state index in [0.29, 0.717) is 18.3 Å². The van der Waals surface area contributed by atoms with E-state index < -0.39 is 0 Å². The Balaban J connectivity index is 1.97. The van der Waals surface area contributed by atoms with Crippen molar-refractivity contribution in [2.24, 2.45) is 17.3 Å².